The molecule has 0 aromatic carbocycles. The van der Waals surface area contributed by atoms with Gasteiger partial charge in [0, 0.05) is 6.92 Å². The lowest BCUT2D eigenvalue weighted by atomic mass is 9.84. The van der Waals surface area contributed by atoms with E-state index in [1.165, 1.54) is 6.92 Å². The summed E-state index contributed by atoms with van der Waals surface area (Å²) in [5.41, 5.74) is 0. The van der Waals surface area contributed by atoms with Gasteiger partial charge in [-0.25, -0.2) is 0 Å². The van der Waals surface area contributed by atoms with Crippen LogP contribution in [0.2, 0.25) is 0 Å². The Bertz CT molecular complexity index is 935. The zero-order valence-electron chi connectivity index (χ0n) is 23.4. The molecule has 40 heavy (non-hydrogen) atoms. The number of esters is 3. The molecule has 5 aliphatic rings. The Morgan fingerprint density at radius 2 is 1.50 bits per heavy atom. The number of allylic oxidation sites excluding steroid dienone is 1. The summed E-state index contributed by atoms with van der Waals surface area (Å²) in [6, 6.07) is 0. The summed E-state index contributed by atoms with van der Waals surface area (Å²) in [4.78, 5) is 36.6. The van der Waals surface area contributed by atoms with Crippen LogP contribution >= 0.6 is 0 Å². The minimum Gasteiger partial charge on any atom is -0.465 e. The summed E-state index contributed by atoms with van der Waals surface area (Å²) < 4.78 is 28.3. The maximum atomic E-state index is 12.8. The van der Waals surface area contributed by atoms with Crippen LogP contribution in [0.3, 0.4) is 0 Å². The molecule has 1 heterocycles. The van der Waals surface area contributed by atoms with Crippen molar-refractivity contribution < 1.29 is 48.3 Å². The number of carbonyl (C=O) groups excluding carboxylic acids is 3. The zero-order chi connectivity index (χ0) is 28.2. The van der Waals surface area contributed by atoms with Crippen molar-refractivity contribution in [3.8, 4) is 0 Å². The van der Waals surface area contributed by atoms with Gasteiger partial charge in [0.2, 0.25) is 0 Å². The fourth-order valence-corrected chi connectivity index (χ4v) is 6.82. The molecule has 0 aromatic rings. The molecule has 11 atom stereocenters. The van der Waals surface area contributed by atoms with E-state index < -0.39 is 36.3 Å². The monoisotopic (exact) mass is 564 g/mol. The van der Waals surface area contributed by atoms with Crippen LogP contribution in [0.1, 0.15) is 77.6 Å². The van der Waals surface area contributed by atoms with Crippen molar-refractivity contribution in [1.82, 2.24) is 0 Å². The van der Waals surface area contributed by atoms with Crippen molar-refractivity contribution in [2.75, 3.05) is 13.2 Å². The SMILES string of the molecule is CC(=O)OC1CCC(C(=O)OCC2CCC(O)C(OC3C=CCC(C(=O)OCC4CCC5OC5C4)C3)C2)CC1O. The highest BCUT2D eigenvalue weighted by Crippen LogP contribution is 2.39. The molecule has 1 aliphatic heterocycles. The fraction of sp³-hybridized carbons (Fsp3) is 0.833. The minimum absolute atomic E-state index is 0.0542. The number of epoxide rings is 1. The van der Waals surface area contributed by atoms with Crippen molar-refractivity contribution in [2.45, 2.75) is 120 Å². The number of carbonyl (C=O) groups is 3. The van der Waals surface area contributed by atoms with Crippen molar-refractivity contribution in [2.24, 2.45) is 23.7 Å². The van der Waals surface area contributed by atoms with Gasteiger partial charge in [-0.15, -0.1) is 0 Å². The van der Waals surface area contributed by atoms with Crippen molar-refractivity contribution in [3.05, 3.63) is 12.2 Å². The number of rotatable bonds is 9. The third kappa shape index (κ3) is 7.84. The predicted octanol–water partition coefficient (Wildman–Crippen LogP) is 2.61. The molecule has 224 valence electrons. The standard InChI is InChI=1S/C30H44O10/c1-17(31)38-25-10-7-21(14-24(25)33)30(35)37-15-18-5-8-23(32)27(11-18)39-22-4-2-3-20(13-22)29(34)36-16-19-6-9-26-28(12-19)40-26/h2,4,18-28,32-33H,3,5-16H2,1H3. The third-order valence-corrected chi connectivity index (χ3v) is 9.28. The van der Waals surface area contributed by atoms with Crippen LogP contribution in [0.15, 0.2) is 12.2 Å². The normalized spacial score (nSPS) is 40.9. The molecule has 1 saturated heterocycles. The van der Waals surface area contributed by atoms with E-state index in [-0.39, 0.29) is 42.9 Å². The predicted molar refractivity (Wildman–Crippen MR) is 141 cm³/mol. The average molecular weight is 565 g/mol. The molecule has 4 fully saturated rings. The van der Waals surface area contributed by atoms with Gasteiger partial charge >= 0.3 is 17.9 Å². The first-order chi connectivity index (χ1) is 19.2. The molecule has 3 saturated carbocycles. The largest absolute Gasteiger partial charge is 0.465 e. The number of aliphatic hydroxyl groups is 2. The Morgan fingerprint density at radius 3 is 2.23 bits per heavy atom. The van der Waals surface area contributed by atoms with Crippen LogP contribution in [0.4, 0.5) is 0 Å². The summed E-state index contributed by atoms with van der Waals surface area (Å²) in [7, 11) is 0. The Balaban J connectivity index is 1.03. The Morgan fingerprint density at radius 1 is 0.775 bits per heavy atom. The average Bonchev–Trinajstić information content (AvgIpc) is 3.72. The molecule has 0 radical (unpaired) electrons. The van der Waals surface area contributed by atoms with Crippen LogP contribution in [0.25, 0.3) is 0 Å². The van der Waals surface area contributed by atoms with Crippen LogP contribution in [0.5, 0.6) is 0 Å². The maximum Gasteiger partial charge on any atom is 0.309 e. The van der Waals surface area contributed by atoms with Gasteiger partial charge in [0.05, 0.1) is 61.7 Å². The number of fused-ring (bicyclic) bond motifs is 1. The summed E-state index contributed by atoms with van der Waals surface area (Å²) in [6.07, 6.45) is 9.14. The first-order valence-corrected chi connectivity index (χ1v) is 15.1. The smallest absolute Gasteiger partial charge is 0.309 e. The van der Waals surface area contributed by atoms with E-state index in [2.05, 4.69) is 0 Å². The molecule has 10 nitrogen and oxygen atoms in total. The lowest BCUT2D eigenvalue weighted by Crippen LogP contribution is -2.41. The highest BCUT2D eigenvalue weighted by atomic mass is 16.6. The van der Waals surface area contributed by atoms with E-state index in [0.29, 0.717) is 63.3 Å². The van der Waals surface area contributed by atoms with E-state index in [4.69, 9.17) is 23.7 Å². The number of hydrogen-bond donors (Lipinski definition) is 2. The molecule has 11 unspecified atom stereocenters. The lowest BCUT2D eigenvalue weighted by molar-refractivity contribution is -0.163. The number of hydrogen-bond acceptors (Lipinski definition) is 10. The van der Waals surface area contributed by atoms with Crippen LogP contribution in [0, 0.1) is 23.7 Å². The fourth-order valence-electron chi connectivity index (χ4n) is 6.82. The lowest BCUT2D eigenvalue weighted by Gasteiger charge is -2.36. The zero-order valence-corrected chi connectivity index (χ0v) is 23.4. The van der Waals surface area contributed by atoms with Crippen molar-refractivity contribution in [3.63, 3.8) is 0 Å². The maximum absolute atomic E-state index is 12.8. The van der Waals surface area contributed by atoms with Crippen LogP contribution < -0.4 is 0 Å². The van der Waals surface area contributed by atoms with E-state index in [1.54, 1.807) is 0 Å². The van der Waals surface area contributed by atoms with Gasteiger partial charge < -0.3 is 33.9 Å². The summed E-state index contributed by atoms with van der Waals surface area (Å²) in [5.74, 6) is -1.23. The molecule has 0 amide bonds. The topological polar surface area (TPSA) is 141 Å². The Hall–Kier alpha value is -2.01. The highest BCUT2D eigenvalue weighted by molar-refractivity contribution is 5.73. The third-order valence-electron chi connectivity index (χ3n) is 9.28. The number of aliphatic hydroxyl groups excluding tert-OH is 2. The molecule has 4 aliphatic carbocycles. The first kappa shape index (κ1) is 29.5. The van der Waals surface area contributed by atoms with E-state index in [0.717, 1.165) is 25.7 Å². The van der Waals surface area contributed by atoms with Crippen LogP contribution in [-0.4, -0.2) is 84.1 Å². The molecule has 0 spiro atoms. The minimum atomic E-state index is -0.880. The second-order valence-corrected chi connectivity index (χ2v) is 12.4. The van der Waals surface area contributed by atoms with Gasteiger partial charge in [0.15, 0.2) is 0 Å². The highest BCUT2D eigenvalue weighted by Gasteiger charge is 2.44. The molecule has 0 aromatic heterocycles. The number of ether oxygens (including phenoxy) is 5. The molecule has 2 N–H and O–H groups in total. The molecular weight excluding hydrogens is 520 g/mol. The quantitative estimate of drug-likeness (QED) is 0.186. The van der Waals surface area contributed by atoms with E-state index >= 15 is 0 Å². The van der Waals surface area contributed by atoms with Gasteiger partial charge in [-0.1, -0.05) is 12.2 Å². The van der Waals surface area contributed by atoms with Gasteiger partial charge in [0.25, 0.3) is 0 Å². The van der Waals surface area contributed by atoms with Crippen molar-refractivity contribution in [1.29, 1.82) is 0 Å². The van der Waals surface area contributed by atoms with Crippen molar-refractivity contribution >= 4 is 17.9 Å². The molecule has 0 bridgehead atoms. The Labute approximate surface area is 235 Å². The van der Waals surface area contributed by atoms with Gasteiger partial charge in [-0.3, -0.25) is 14.4 Å². The molecule has 10 heteroatoms. The Kier molecular flexibility index (Phi) is 9.81. The van der Waals surface area contributed by atoms with Gasteiger partial charge in [0.1, 0.15) is 6.10 Å². The van der Waals surface area contributed by atoms with Gasteiger partial charge in [-0.05, 0) is 82.5 Å². The van der Waals surface area contributed by atoms with E-state index in [9.17, 15) is 24.6 Å². The molecule has 5 rings (SSSR count). The summed E-state index contributed by atoms with van der Waals surface area (Å²) in [6.45, 7) is 1.99. The second kappa shape index (κ2) is 13.3. The first-order valence-electron chi connectivity index (χ1n) is 15.1. The summed E-state index contributed by atoms with van der Waals surface area (Å²) in [5, 5.41) is 20.9. The van der Waals surface area contributed by atoms with Gasteiger partial charge in [-0.2, -0.15) is 0 Å². The second-order valence-electron chi connectivity index (χ2n) is 12.4. The summed E-state index contributed by atoms with van der Waals surface area (Å²) >= 11 is 0. The molecular formula is C30H44O10. The van der Waals surface area contributed by atoms with E-state index in [1.807, 2.05) is 12.2 Å². The van der Waals surface area contributed by atoms with Crippen LogP contribution in [-0.2, 0) is 38.1 Å².